The van der Waals surface area contributed by atoms with Crippen LogP contribution in [0.15, 0.2) is 60.7 Å². The lowest BCUT2D eigenvalue weighted by Crippen LogP contribution is -2.45. The average Bonchev–Trinajstić information content (AvgIpc) is 2.83. The summed E-state index contributed by atoms with van der Waals surface area (Å²) in [6.45, 7) is 9.83. The maximum atomic E-state index is 6.73. The first-order valence-electron chi connectivity index (χ1n) is 12.3. The summed E-state index contributed by atoms with van der Waals surface area (Å²) in [6, 6.07) is 18.5. The number of nitrogens with zero attached hydrogens (tertiary/aromatic N) is 2. The molecule has 3 aromatic carbocycles. The molecule has 5 heteroatoms. The van der Waals surface area contributed by atoms with E-state index < -0.39 is 0 Å². The van der Waals surface area contributed by atoms with Crippen LogP contribution in [0.25, 0.3) is 17.2 Å². The first-order valence-corrected chi connectivity index (χ1v) is 13.4. The minimum absolute atomic E-state index is 0.200. The Bertz CT molecular complexity index is 1250. The van der Waals surface area contributed by atoms with Crippen molar-refractivity contribution in [1.82, 2.24) is 4.90 Å². The van der Waals surface area contributed by atoms with Crippen molar-refractivity contribution in [1.29, 1.82) is 0 Å². The van der Waals surface area contributed by atoms with Crippen molar-refractivity contribution in [2.24, 2.45) is 0 Å². The number of piperidine rings is 1. The van der Waals surface area contributed by atoms with E-state index in [2.05, 4.69) is 67.0 Å². The van der Waals surface area contributed by atoms with Crippen LogP contribution in [0, 0.1) is 0 Å². The van der Waals surface area contributed by atoms with Crippen molar-refractivity contribution in [3.05, 3.63) is 86.9 Å². The van der Waals surface area contributed by atoms with E-state index in [1.807, 2.05) is 30.3 Å². The van der Waals surface area contributed by atoms with E-state index in [0.29, 0.717) is 22.5 Å². The van der Waals surface area contributed by atoms with Gasteiger partial charge in [0.25, 0.3) is 0 Å². The largest absolute Gasteiger partial charge is 0.335 e. The van der Waals surface area contributed by atoms with Gasteiger partial charge in [0.05, 0.1) is 15.7 Å². The molecule has 0 unspecified atom stereocenters. The molecular formula is C30H31Cl3N2. The van der Waals surface area contributed by atoms with Gasteiger partial charge in [0, 0.05) is 33.9 Å². The highest BCUT2D eigenvalue weighted by molar-refractivity contribution is 6.39. The minimum Gasteiger partial charge on any atom is -0.335 e. The van der Waals surface area contributed by atoms with E-state index in [1.54, 1.807) is 0 Å². The van der Waals surface area contributed by atoms with E-state index >= 15 is 0 Å². The van der Waals surface area contributed by atoms with Gasteiger partial charge in [-0.15, -0.1) is 0 Å². The van der Waals surface area contributed by atoms with Gasteiger partial charge >= 0.3 is 0 Å². The molecule has 2 aliphatic rings. The molecule has 0 radical (unpaired) electrons. The van der Waals surface area contributed by atoms with Crippen molar-refractivity contribution < 1.29 is 0 Å². The summed E-state index contributed by atoms with van der Waals surface area (Å²) in [5.41, 5.74) is 6.90. The van der Waals surface area contributed by atoms with Gasteiger partial charge in [-0.3, -0.25) is 4.90 Å². The predicted molar refractivity (Wildman–Crippen MR) is 153 cm³/mol. The number of para-hydroxylation sites is 1. The smallest absolute Gasteiger partial charge is 0.0792 e. The zero-order valence-electron chi connectivity index (χ0n) is 20.5. The van der Waals surface area contributed by atoms with E-state index in [1.165, 1.54) is 5.56 Å². The van der Waals surface area contributed by atoms with Crippen LogP contribution in [0.2, 0.25) is 15.1 Å². The van der Waals surface area contributed by atoms with Crippen LogP contribution in [-0.4, -0.2) is 30.1 Å². The van der Waals surface area contributed by atoms with Crippen molar-refractivity contribution in [3.63, 3.8) is 0 Å². The molecule has 2 aliphatic heterocycles. The summed E-state index contributed by atoms with van der Waals surface area (Å²) in [7, 11) is 0. The van der Waals surface area contributed by atoms with Crippen LogP contribution in [-0.2, 0) is 0 Å². The Morgan fingerprint density at radius 1 is 0.800 bits per heavy atom. The van der Waals surface area contributed by atoms with Gasteiger partial charge in [0.15, 0.2) is 0 Å². The van der Waals surface area contributed by atoms with Crippen LogP contribution in [0.1, 0.15) is 50.7 Å². The number of benzene rings is 3. The summed E-state index contributed by atoms with van der Waals surface area (Å²) < 4.78 is 0. The monoisotopic (exact) mass is 524 g/mol. The molecular weight excluding hydrogens is 495 g/mol. The molecule has 182 valence electrons. The molecule has 1 saturated heterocycles. The highest BCUT2D eigenvalue weighted by Gasteiger charge is 2.30. The molecule has 5 rings (SSSR count). The highest BCUT2D eigenvalue weighted by Crippen LogP contribution is 2.46. The SMILES string of the molecule is CC(C)(C)N1CCC(c2cc(-c3ccccc3Cl)c3c(c2)N(c2c(Cl)cccc2Cl)CC=C3)CC1. The number of hydrogen-bond acceptors (Lipinski definition) is 2. The Labute approximate surface area is 224 Å². The maximum Gasteiger partial charge on any atom is 0.0792 e. The molecule has 0 aromatic heterocycles. The van der Waals surface area contributed by atoms with Gasteiger partial charge < -0.3 is 4.90 Å². The Balaban J connectivity index is 1.64. The number of likely N-dealkylation sites (tertiary alicyclic amines) is 1. The number of anilines is 2. The topological polar surface area (TPSA) is 6.48 Å². The van der Waals surface area contributed by atoms with E-state index in [-0.39, 0.29) is 5.54 Å². The van der Waals surface area contributed by atoms with Crippen LogP contribution in [0.3, 0.4) is 0 Å². The molecule has 35 heavy (non-hydrogen) atoms. The molecule has 0 N–H and O–H groups in total. The lowest BCUT2D eigenvalue weighted by atomic mass is 9.83. The fourth-order valence-electron chi connectivity index (χ4n) is 5.41. The number of hydrogen-bond donors (Lipinski definition) is 0. The second-order valence-electron chi connectivity index (χ2n) is 10.5. The summed E-state index contributed by atoms with van der Waals surface area (Å²) in [5, 5.41) is 2.07. The Hall–Kier alpha value is -1.97. The van der Waals surface area contributed by atoms with Crippen LogP contribution < -0.4 is 4.90 Å². The average molecular weight is 526 g/mol. The lowest BCUT2D eigenvalue weighted by Gasteiger charge is -2.41. The summed E-state index contributed by atoms with van der Waals surface area (Å²) in [4.78, 5) is 4.84. The van der Waals surface area contributed by atoms with Gasteiger partial charge in [-0.1, -0.05) is 77.3 Å². The molecule has 0 atom stereocenters. The van der Waals surface area contributed by atoms with Gasteiger partial charge in [-0.25, -0.2) is 0 Å². The van der Waals surface area contributed by atoms with Gasteiger partial charge in [0.1, 0.15) is 0 Å². The first kappa shape index (κ1) is 24.7. The predicted octanol–water partition coefficient (Wildman–Crippen LogP) is 9.46. The fourth-order valence-corrected chi connectivity index (χ4v) is 6.25. The standard InChI is InChI=1S/C30H31Cl3N2/c1-30(2,3)34-16-13-20(14-17-34)21-18-24(22-8-4-5-10-25(22)31)23-9-7-15-35(28(23)19-21)29-26(32)11-6-12-27(29)33/h4-12,18-20H,13-17H2,1-3H3. The fraction of sp³-hybridized carbons (Fsp3) is 0.333. The Kier molecular flexibility index (Phi) is 6.94. The Morgan fingerprint density at radius 3 is 2.11 bits per heavy atom. The first-order chi connectivity index (χ1) is 16.7. The Morgan fingerprint density at radius 2 is 1.46 bits per heavy atom. The summed E-state index contributed by atoms with van der Waals surface area (Å²) in [6.07, 6.45) is 6.66. The zero-order chi connectivity index (χ0) is 24.7. The molecule has 3 aromatic rings. The van der Waals surface area contributed by atoms with Crippen molar-refractivity contribution in [2.45, 2.75) is 45.1 Å². The normalized spacial score (nSPS) is 17.0. The van der Waals surface area contributed by atoms with Crippen molar-refractivity contribution >= 4 is 52.3 Å². The molecule has 0 aliphatic carbocycles. The summed E-state index contributed by atoms with van der Waals surface area (Å²) >= 11 is 20.1. The molecule has 0 saturated carbocycles. The lowest BCUT2D eigenvalue weighted by molar-refractivity contribution is 0.102. The van der Waals surface area contributed by atoms with E-state index in [4.69, 9.17) is 34.8 Å². The molecule has 2 nitrogen and oxygen atoms in total. The summed E-state index contributed by atoms with van der Waals surface area (Å²) in [5.74, 6) is 0.495. The third-order valence-electron chi connectivity index (χ3n) is 7.33. The number of rotatable bonds is 3. The van der Waals surface area contributed by atoms with Gasteiger partial charge in [-0.05, 0) is 88.0 Å². The number of fused-ring (bicyclic) bond motifs is 1. The third kappa shape index (κ3) is 4.87. The van der Waals surface area contributed by atoms with Gasteiger partial charge in [0.2, 0.25) is 0 Å². The van der Waals surface area contributed by atoms with Crippen LogP contribution in [0.5, 0.6) is 0 Å². The number of halogens is 3. The van der Waals surface area contributed by atoms with E-state index in [9.17, 15) is 0 Å². The molecule has 0 spiro atoms. The maximum absolute atomic E-state index is 6.73. The molecule has 2 heterocycles. The highest BCUT2D eigenvalue weighted by atomic mass is 35.5. The molecule has 1 fully saturated rings. The second-order valence-corrected chi connectivity index (χ2v) is 11.7. The minimum atomic E-state index is 0.200. The van der Waals surface area contributed by atoms with Crippen molar-refractivity contribution in [2.75, 3.05) is 24.5 Å². The van der Waals surface area contributed by atoms with Crippen LogP contribution in [0.4, 0.5) is 11.4 Å². The second kappa shape index (κ2) is 9.82. The third-order valence-corrected chi connectivity index (χ3v) is 8.27. The quantitative estimate of drug-likeness (QED) is 0.336. The van der Waals surface area contributed by atoms with Gasteiger partial charge in [-0.2, -0.15) is 0 Å². The van der Waals surface area contributed by atoms with Crippen LogP contribution >= 0.6 is 34.8 Å². The zero-order valence-corrected chi connectivity index (χ0v) is 22.8. The van der Waals surface area contributed by atoms with E-state index in [0.717, 1.165) is 59.0 Å². The molecule has 0 bridgehead atoms. The van der Waals surface area contributed by atoms with Crippen molar-refractivity contribution in [3.8, 4) is 11.1 Å². The molecule has 0 amide bonds.